The molecule has 5 atom stereocenters. The minimum absolute atomic E-state index is 0.185. The van der Waals surface area contributed by atoms with Gasteiger partial charge in [0.15, 0.2) is 0 Å². The summed E-state index contributed by atoms with van der Waals surface area (Å²) in [7, 11) is 0. The van der Waals surface area contributed by atoms with Crippen LogP contribution >= 0.6 is 15.9 Å². The fourth-order valence-corrected chi connectivity index (χ4v) is 6.21. The highest BCUT2D eigenvalue weighted by Crippen LogP contribution is 2.50. The van der Waals surface area contributed by atoms with E-state index in [9.17, 15) is 10.2 Å². The second-order valence-corrected chi connectivity index (χ2v) is 10.5. The van der Waals surface area contributed by atoms with E-state index in [1.807, 2.05) is 22.9 Å². The summed E-state index contributed by atoms with van der Waals surface area (Å²) in [4.78, 5) is 12.9. The molecule has 1 saturated carbocycles. The first kappa shape index (κ1) is 21.7. The summed E-state index contributed by atoms with van der Waals surface area (Å²) in [6.07, 6.45) is 3.81. The minimum Gasteiger partial charge on any atom is -0.390 e. The number of aliphatic hydroxyl groups excluding tert-OH is 2. The van der Waals surface area contributed by atoms with Gasteiger partial charge < -0.3 is 31.6 Å². The molecule has 1 aliphatic carbocycles. The lowest BCUT2D eigenvalue weighted by molar-refractivity contribution is -0.0217. The number of aliphatic hydroxyl groups is 2. The maximum Gasteiger partial charge on any atom is 0.145 e. The number of hydrogen-bond donors (Lipinski definition) is 5. The fourth-order valence-electron chi connectivity index (χ4n) is 5.87. The van der Waals surface area contributed by atoms with Crippen LogP contribution in [0.2, 0.25) is 0 Å². The van der Waals surface area contributed by atoms with E-state index >= 15 is 0 Å². The maximum absolute atomic E-state index is 11.1. The van der Waals surface area contributed by atoms with E-state index in [-0.39, 0.29) is 12.1 Å². The van der Waals surface area contributed by atoms with Crippen molar-refractivity contribution in [2.24, 2.45) is 5.41 Å². The van der Waals surface area contributed by atoms with Gasteiger partial charge in [0, 0.05) is 29.6 Å². The lowest BCUT2D eigenvalue weighted by Gasteiger charge is -2.27. The number of nitrogens with two attached hydrogens (primary N) is 2. The maximum atomic E-state index is 11.1. The zero-order valence-electron chi connectivity index (χ0n) is 18.4. The third-order valence-electron chi connectivity index (χ3n) is 7.60. The molecule has 4 heterocycles. The summed E-state index contributed by atoms with van der Waals surface area (Å²) >= 11 is 3.43. The number of nitrogen functional groups attached to an aromatic ring is 2. The number of nitrogens with zero attached hydrogens (tertiary/aromatic N) is 4. The van der Waals surface area contributed by atoms with E-state index in [4.69, 9.17) is 11.5 Å². The molecular formula is C24H26BrN7O2. The van der Waals surface area contributed by atoms with Gasteiger partial charge in [-0.05, 0) is 59.0 Å². The van der Waals surface area contributed by atoms with Crippen molar-refractivity contribution in [2.45, 2.75) is 43.6 Å². The number of fused-ring (bicyclic) bond motifs is 2. The van der Waals surface area contributed by atoms with Crippen LogP contribution in [0, 0.1) is 5.41 Å². The highest BCUT2D eigenvalue weighted by atomic mass is 79.9. The highest BCUT2D eigenvalue weighted by Gasteiger charge is 2.56. The summed E-state index contributed by atoms with van der Waals surface area (Å²) in [5.41, 5.74) is 14.2. The number of anilines is 2. The number of rotatable bonds is 3. The Kier molecular flexibility index (Phi) is 5.03. The van der Waals surface area contributed by atoms with Gasteiger partial charge in [-0.25, -0.2) is 15.0 Å². The van der Waals surface area contributed by atoms with Crippen LogP contribution in [0.3, 0.4) is 0 Å². The van der Waals surface area contributed by atoms with Gasteiger partial charge in [0.05, 0.1) is 27.5 Å². The van der Waals surface area contributed by atoms with Crippen molar-refractivity contribution in [3.63, 3.8) is 0 Å². The van der Waals surface area contributed by atoms with Crippen LogP contribution in [0.15, 0.2) is 47.3 Å². The number of benzene rings is 1. The molecule has 7 N–H and O–H groups in total. The Labute approximate surface area is 204 Å². The Balaban J connectivity index is 1.23. The van der Waals surface area contributed by atoms with Crippen LogP contribution in [-0.2, 0) is 6.42 Å². The molecule has 9 nitrogen and oxygen atoms in total. The molecule has 0 amide bonds. The van der Waals surface area contributed by atoms with Crippen molar-refractivity contribution in [3.05, 3.63) is 52.9 Å². The van der Waals surface area contributed by atoms with Gasteiger partial charge in [-0.1, -0.05) is 12.1 Å². The summed E-state index contributed by atoms with van der Waals surface area (Å²) in [6.45, 7) is 0.647. The van der Waals surface area contributed by atoms with Crippen LogP contribution in [0.1, 0.15) is 24.4 Å². The van der Waals surface area contributed by atoms with Crippen molar-refractivity contribution in [3.8, 4) is 0 Å². The Morgan fingerprint density at radius 2 is 1.97 bits per heavy atom. The Morgan fingerprint density at radius 3 is 2.82 bits per heavy atom. The van der Waals surface area contributed by atoms with Crippen molar-refractivity contribution in [1.29, 1.82) is 0 Å². The van der Waals surface area contributed by atoms with Gasteiger partial charge >= 0.3 is 0 Å². The van der Waals surface area contributed by atoms with E-state index in [0.29, 0.717) is 30.2 Å². The third-order valence-corrected chi connectivity index (χ3v) is 8.23. The van der Waals surface area contributed by atoms with Crippen molar-refractivity contribution in [1.82, 2.24) is 24.8 Å². The average Bonchev–Trinajstić information content (AvgIpc) is 3.49. The summed E-state index contributed by atoms with van der Waals surface area (Å²) < 4.78 is 2.72. The molecule has 0 bridgehead atoms. The van der Waals surface area contributed by atoms with Crippen molar-refractivity contribution < 1.29 is 10.2 Å². The SMILES string of the molecule is Nc1nc2cc(C[C@H]3C[C@@]4(CN3)C[C@@H](n3ccc5c(N)ncnc53)[C@H](O)[C@@H]4O)ccc2cc1Br. The predicted molar refractivity (Wildman–Crippen MR) is 134 cm³/mol. The molecule has 0 radical (unpaired) electrons. The molecule has 2 aliphatic rings. The van der Waals surface area contributed by atoms with E-state index < -0.39 is 17.6 Å². The van der Waals surface area contributed by atoms with Gasteiger partial charge in [0.25, 0.3) is 0 Å². The number of nitrogens with one attached hydrogen (secondary N) is 1. The number of pyridine rings is 1. The fraction of sp³-hybridized carbons (Fsp3) is 0.375. The average molecular weight is 524 g/mol. The number of halogens is 1. The molecule has 176 valence electrons. The van der Waals surface area contributed by atoms with E-state index in [2.05, 4.69) is 54.4 Å². The highest BCUT2D eigenvalue weighted by molar-refractivity contribution is 9.10. The molecule has 10 heteroatoms. The first-order valence-corrected chi connectivity index (χ1v) is 12.2. The molecule has 6 rings (SSSR count). The van der Waals surface area contributed by atoms with Crippen molar-refractivity contribution in [2.75, 3.05) is 18.0 Å². The summed E-state index contributed by atoms with van der Waals surface area (Å²) in [6, 6.07) is 9.98. The molecule has 1 aliphatic heterocycles. The normalized spacial score (nSPS) is 29.0. The monoisotopic (exact) mass is 523 g/mol. The largest absolute Gasteiger partial charge is 0.390 e. The topological polar surface area (TPSA) is 148 Å². The van der Waals surface area contributed by atoms with E-state index in [1.54, 1.807) is 0 Å². The van der Waals surface area contributed by atoms with Crippen molar-refractivity contribution >= 4 is 49.5 Å². The molecule has 1 saturated heterocycles. The molecule has 3 aromatic heterocycles. The summed E-state index contributed by atoms with van der Waals surface area (Å²) in [5.74, 6) is 0.884. The minimum atomic E-state index is -0.890. The lowest BCUT2D eigenvalue weighted by Crippen LogP contribution is -2.38. The Hall–Kier alpha value is -2.79. The molecule has 1 aromatic carbocycles. The molecule has 2 fully saturated rings. The van der Waals surface area contributed by atoms with Gasteiger partial charge in [-0.2, -0.15) is 0 Å². The zero-order valence-corrected chi connectivity index (χ0v) is 20.0. The van der Waals surface area contributed by atoms with Crippen LogP contribution < -0.4 is 16.8 Å². The van der Waals surface area contributed by atoms with Gasteiger partial charge in [-0.3, -0.25) is 0 Å². The standard InChI is InChI=1S/C24H26BrN7O2/c25-16-7-13-2-1-12(6-17(13)31-22(16)27)5-14-8-24(10-28-14)9-18(19(33)20(24)34)32-4-3-15-21(26)29-11-30-23(15)32/h1-4,6-7,11,14,18-20,28,33-34H,5,8-10H2,(H2,27,31)(H2,26,29,30)/t14-,18+,19-,20-,24-/m0/s1. The van der Waals surface area contributed by atoms with Gasteiger partial charge in [-0.15, -0.1) is 0 Å². The van der Waals surface area contributed by atoms with Crippen LogP contribution in [0.4, 0.5) is 11.6 Å². The van der Waals surface area contributed by atoms with Crippen LogP contribution in [-0.4, -0.2) is 54.5 Å². The predicted octanol–water partition coefficient (Wildman–Crippen LogP) is 2.16. The van der Waals surface area contributed by atoms with Gasteiger partial charge in [0.2, 0.25) is 0 Å². The number of aromatic nitrogens is 4. The third kappa shape index (κ3) is 3.36. The Bertz CT molecular complexity index is 1410. The first-order valence-electron chi connectivity index (χ1n) is 11.4. The van der Waals surface area contributed by atoms with Crippen LogP contribution in [0.5, 0.6) is 0 Å². The van der Waals surface area contributed by atoms with E-state index in [0.717, 1.165) is 39.2 Å². The molecule has 34 heavy (non-hydrogen) atoms. The molecule has 4 aromatic rings. The molecule has 1 spiro atoms. The first-order chi connectivity index (χ1) is 16.3. The smallest absolute Gasteiger partial charge is 0.145 e. The quantitative estimate of drug-likeness (QED) is 0.274. The summed E-state index contributed by atoms with van der Waals surface area (Å²) in [5, 5.41) is 27.5. The second-order valence-electron chi connectivity index (χ2n) is 9.66. The Morgan fingerprint density at radius 1 is 1.12 bits per heavy atom. The second kappa shape index (κ2) is 7.88. The zero-order chi connectivity index (χ0) is 23.6. The lowest BCUT2D eigenvalue weighted by atomic mass is 9.80. The molecular weight excluding hydrogens is 498 g/mol. The van der Waals surface area contributed by atoms with Crippen LogP contribution in [0.25, 0.3) is 21.9 Å². The van der Waals surface area contributed by atoms with E-state index in [1.165, 1.54) is 6.33 Å². The number of hydrogen-bond acceptors (Lipinski definition) is 8. The van der Waals surface area contributed by atoms with Gasteiger partial charge in [0.1, 0.15) is 29.7 Å². The molecule has 0 unspecified atom stereocenters.